The number of carboxylic acid groups (broad SMARTS) is 1. The van der Waals surface area contributed by atoms with Gasteiger partial charge < -0.3 is 14.9 Å². The summed E-state index contributed by atoms with van der Waals surface area (Å²) in [6.45, 7) is 4.80. The minimum Gasteiger partial charge on any atom is -0.480 e. The monoisotopic (exact) mass is 240 g/mol. The Kier molecular flexibility index (Phi) is 5.00. The number of nitrogens with zero attached hydrogens (tertiary/aromatic N) is 2. The molecule has 96 valence electrons. The van der Waals surface area contributed by atoms with Gasteiger partial charge in [0.2, 0.25) is 0 Å². The summed E-state index contributed by atoms with van der Waals surface area (Å²) in [6.07, 6.45) is 4.86. The van der Waals surface area contributed by atoms with Crippen molar-refractivity contribution in [1.29, 1.82) is 0 Å². The second-order valence-electron chi connectivity index (χ2n) is 4.32. The van der Waals surface area contributed by atoms with Gasteiger partial charge in [0.05, 0.1) is 0 Å². The lowest BCUT2D eigenvalue weighted by Crippen LogP contribution is -2.46. The third-order valence-corrected chi connectivity index (χ3v) is 3.01. The summed E-state index contributed by atoms with van der Waals surface area (Å²) >= 11 is 0. The van der Waals surface area contributed by atoms with Crippen molar-refractivity contribution in [2.24, 2.45) is 0 Å². The molecular formula is C12H20N2O3. The van der Waals surface area contributed by atoms with Gasteiger partial charge in [-0.15, -0.1) is 6.58 Å². The Morgan fingerprint density at radius 3 is 2.88 bits per heavy atom. The zero-order valence-electron chi connectivity index (χ0n) is 10.3. The quantitative estimate of drug-likeness (QED) is 0.586. The van der Waals surface area contributed by atoms with Crippen molar-refractivity contribution in [2.45, 2.75) is 31.7 Å². The summed E-state index contributed by atoms with van der Waals surface area (Å²) in [6, 6.07) is -0.830. The number of urea groups is 1. The van der Waals surface area contributed by atoms with Crippen LogP contribution in [0.1, 0.15) is 25.7 Å². The summed E-state index contributed by atoms with van der Waals surface area (Å²) in [4.78, 5) is 26.0. The van der Waals surface area contributed by atoms with Gasteiger partial charge in [0.1, 0.15) is 6.04 Å². The fraction of sp³-hybridized carbons (Fsp3) is 0.667. The number of unbranched alkanes of at least 4 members (excludes halogenated alkanes) is 1. The van der Waals surface area contributed by atoms with E-state index in [0.29, 0.717) is 19.5 Å². The highest BCUT2D eigenvalue weighted by Crippen LogP contribution is 2.19. The highest BCUT2D eigenvalue weighted by Gasteiger charge is 2.35. The molecular weight excluding hydrogens is 220 g/mol. The number of hydrogen-bond donors (Lipinski definition) is 1. The van der Waals surface area contributed by atoms with Gasteiger partial charge in [0.15, 0.2) is 0 Å². The first-order chi connectivity index (χ1) is 8.07. The van der Waals surface area contributed by atoms with Gasteiger partial charge in [-0.1, -0.05) is 6.08 Å². The molecule has 1 atom stereocenters. The van der Waals surface area contributed by atoms with Crippen LogP contribution in [-0.4, -0.2) is 53.1 Å². The fourth-order valence-electron chi connectivity index (χ4n) is 2.04. The van der Waals surface area contributed by atoms with Gasteiger partial charge in [0.25, 0.3) is 0 Å². The van der Waals surface area contributed by atoms with Gasteiger partial charge >= 0.3 is 12.0 Å². The van der Waals surface area contributed by atoms with Gasteiger partial charge in [-0.3, -0.25) is 0 Å². The lowest BCUT2D eigenvalue weighted by molar-refractivity contribution is -0.141. The summed E-state index contributed by atoms with van der Waals surface area (Å²) in [5.74, 6) is -0.907. The van der Waals surface area contributed by atoms with Crippen molar-refractivity contribution in [2.75, 3.05) is 20.1 Å². The zero-order chi connectivity index (χ0) is 12.8. The van der Waals surface area contributed by atoms with Crippen LogP contribution < -0.4 is 0 Å². The van der Waals surface area contributed by atoms with Crippen molar-refractivity contribution in [3.05, 3.63) is 12.7 Å². The largest absolute Gasteiger partial charge is 0.480 e. The minimum absolute atomic E-state index is 0.182. The van der Waals surface area contributed by atoms with Crippen molar-refractivity contribution in [3.8, 4) is 0 Å². The lowest BCUT2D eigenvalue weighted by atomic mass is 10.2. The molecule has 0 aliphatic carbocycles. The van der Waals surface area contributed by atoms with Gasteiger partial charge in [-0.05, 0) is 25.7 Å². The molecule has 0 saturated carbocycles. The summed E-state index contributed by atoms with van der Waals surface area (Å²) in [5, 5.41) is 9.00. The van der Waals surface area contributed by atoms with Crippen LogP contribution in [0.3, 0.4) is 0 Å². The molecule has 0 aromatic rings. The van der Waals surface area contributed by atoms with E-state index in [0.717, 1.165) is 19.3 Å². The third kappa shape index (κ3) is 3.47. The Hall–Kier alpha value is -1.52. The average molecular weight is 240 g/mol. The number of rotatable bonds is 5. The molecule has 0 aromatic heterocycles. The van der Waals surface area contributed by atoms with E-state index in [4.69, 9.17) is 5.11 Å². The van der Waals surface area contributed by atoms with E-state index in [1.165, 1.54) is 4.90 Å². The molecule has 0 spiro atoms. The normalized spacial score (nSPS) is 19.1. The van der Waals surface area contributed by atoms with Crippen LogP contribution in [0.15, 0.2) is 12.7 Å². The van der Waals surface area contributed by atoms with Crippen LogP contribution in [0.4, 0.5) is 4.79 Å². The minimum atomic E-state index is -0.907. The van der Waals surface area contributed by atoms with Gasteiger partial charge in [-0.25, -0.2) is 9.59 Å². The molecule has 1 aliphatic heterocycles. The molecule has 1 saturated heterocycles. The Balaban J connectivity index is 2.50. The van der Waals surface area contributed by atoms with Gasteiger partial charge in [0, 0.05) is 20.1 Å². The summed E-state index contributed by atoms with van der Waals surface area (Å²) < 4.78 is 0. The molecule has 0 aromatic carbocycles. The summed E-state index contributed by atoms with van der Waals surface area (Å²) in [7, 11) is 1.71. The maximum Gasteiger partial charge on any atom is 0.326 e. The third-order valence-electron chi connectivity index (χ3n) is 3.01. The molecule has 1 aliphatic rings. The SMILES string of the molecule is C=CCCCN(C)C(=O)N1CCC[C@H]1C(=O)O. The van der Waals surface area contributed by atoms with E-state index in [-0.39, 0.29) is 6.03 Å². The molecule has 1 rings (SSSR count). The first-order valence-corrected chi connectivity index (χ1v) is 5.93. The number of carbonyl (C=O) groups is 2. The molecule has 1 fully saturated rings. The number of carboxylic acids is 1. The highest BCUT2D eigenvalue weighted by molar-refractivity contribution is 5.83. The first-order valence-electron chi connectivity index (χ1n) is 5.93. The van der Waals surface area contributed by atoms with E-state index in [1.807, 2.05) is 6.08 Å². The van der Waals surface area contributed by atoms with Crippen LogP contribution in [0.25, 0.3) is 0 Å². The maximum absolute atomic E-state index is 12.0. The predicted octanol–water partition coefficient (Wildman–Crippen LogP) is 1.55. The van der Waals surface area contributed by atoms with Gasteiger partial charge in [-0.2, -0.15) is 0 Å². The molecule has 5 heteroatoms. The van der Waals surface area contributed by atoms with Crippen LogP contribution in [0.2, 0.25) is 0 Å². The van der Waals surface area contributed by atoms with Crippen molar-refractivity contribution in [3.63, 3.8) is 0 Å². The average Bonchev–Trinajstić information content (AvgIpc) is 2.77. The van der Waals surface area contributed by atoms with Crippen LogP contribution in [0, 0.1) is 0 Å². The second kappa shape index (κ2) is 6.27. The standard InChI is InChI=1S/C12H20N2O3/c1-3-4-5-8-13(2)12(17)14-9-6-7-10(14)11(15)16/h3,10H,1,4-9H2,2H3,(H,15,16)/t10-/m0/s1. The van der Waals surface area contributed by atoms with Crippen LogP contribution in [0.5, 0.6) is 0 Å². The fourth-order valence-corrected chi connectivity index (χ4v) is 2.04. The Morgan fingerprint density at radius 2 is 2.29 bits per heavy atom. The topological polar surface area (TPSA) is 60.9 Å². The van der Waals surface area contributed by atoms with Crippen molar-refractivity contribution < 1.29 is 14.7 Å². The van der Waals surface area contributed by atoms with Crippen molar-refractivity contribution in [1.82, 2.24) is 9.80 Å². The highest BCUT2D eigenvalue weighted by atomic mass is 16.4. The zero-order valence-corrected chi connectivity index (χ0v) is 10.3. The first kappa shape index (κ1) is 13.5. The molecule has 5 nitrogen and oxygen atoms in total. The molecule has 2 amide bonds. The molecule has 1 N–H and O–H groups in total. The van der Waals surface area contributed by atoms with E-state index in [9.17, 15) is 9.59 Å². The molecule has 1 heterocycles. The van der Waals surface area contributed by atoms with E-state index < -0.39 is 12.0 Å². The molecule has 0 bridgehead atoms. The van der Waals surface area contributed by atoms with E-state index in [2.05, 4.69) is 6.58 Å². The maximum atomic E-state index is 12.0. The van der Waals surface area contributed by atoms with Crippen molar-refractivity contribution >= 4 is 12.0 Å². The number of allylic oxidation sites excluding steroid dienone is 1. The van der Waals surface area contributed by atoms with Crippen LogP contribution >= 0.6 is 0 Å². The molecule has 17 heavy (non-hydrogen) atoms. The Labute approximate surface area is 102 Å². The van der Waals surface area contributed by atoms with Crippen LogP contribution in [-0.2, 0) is 4.79 Å². The molecule has 0 radical (unpaired) electrons. The second-order valence-corrected chi connectivity index (χ2v) is 4.32. The Morgan fingerprint density at radius 1 is 1.59 bits per heavy atom. The number of carbonyl (C=O) groups excluding carboxylic acids is 1. The number of hydrogen-bond acceptors (Lipinski definition) is 2. The predicted molar refractivity (Wildman–Crippen MR) is 64.8 cm³/mol. The van der Waals surface area contributed by atoms with E-state index in [1.54, 1.807) is 11.9 Å². The summed E-state index contributed by atoms with van der Waals surface area (Å²) in [5.41, 5.74) is 0. The lowest BCUT2D eigenvalue weighted by Gasteiger charge is -2.27. The number of likely N-dealkylation sites (tertiary alicyclic amines) is 1. The molecule has 0 unspecified atom stereocenters. The number of aliphatic carboxylic acids is 1. The number of amides is 2. The Bertz CT molecular complexity index is 304. The van der Waals surface area contributed by atoms with E-state index >= 15 is 0 Å². The smallest absolute Gasteiger partial charge is 0.326 e.